The van der Waals surface area contributed by atoms with Crippen molar-refractivity contribution in [3.63, 3.8) is 0 Å². The first kappa shape index (κ1) is 23.1. The van der Waals surface area contributed by atoms with Gasteiger partial charge in [0.25, 0.3) is 0 Å². The van der Waals surface area contributed by atoms with Gasteiger partial charge in [0.05, 0.1) is 0 Å². The molecule has 2 atom stereocenters. The van der Waals surface area contributed by atoms with Crippen molar-refractivity contribution in [1.82, 2.24) is 25.4 Å². The highest BCUT2D eigenvalue weighted by Gasteiger charge is 2.21. The van der Waals surface area contributed by atoms with E-state index in [2.05, 4.69) is 41.6 Å². The Balaban J connectivity index is 0.00000264. The summed E-state index contributed by atoms with van der Waals surface area (Å²) in [6.07, 6.45) is 4.81. The highest BCUT2D eigenvalue weighted by Crippen LogP contribution is 2.22. The number of hydrogen-bond acceptors (Lipinski definition) is 4. The van der Waals surface area contributed by atoms with Gasteiger partial charge in [-0.25, -0.2) is 0 Å². The van der Waals surface area contributed by atoms with Crippen LogP contribution in [0, 0.1) is 11.8 Å². The summed E-state index contributed by atoms with van der Waals surface area (Å²) in [5.41, 5.74) is 0. The Morgan fingerprint density at radius 2 is 2.17 bits per heavy atom. The first-order valence-corrected chi connectivity index (χ1v) is 8.43. The molecule has 0 aromatic carbocycles. The fourth-order valence-corrected chi connectivity index (χ4v) is 3.09. The van der Waals surface area contributed by atoms with Crippen molar-refractivity contribution in [2.24, 2.45) is 11.8 Å². The predicted molar refractivity (Wildman–Crippen MR) is 101 cm³/mol. The van der Waals surface area contributed by atoms with E-state index in [4.69, 9.17) is 0 Å². The third-order valence-corrected chi connectivity index (χ3v) is 4.48. The Bertz CT molecular complexity index is 475. The maximum atomic E-state index is 12.1. The number of piperidine rings is 1. The average molecular weight is 380 g/mol. The summed E-state index contributed by atoms with van der Waals surface area (Å²) < 4.78 is 2.01. The normalized spacial score (nSPS) is 18.4. The molecule has 1 amide bonds. The molecule has 2 unspecified atom stereocenters. The number of nitrogens with zero attached hydrogens (tertiary/aromatic N) is 3. The lowest BCUT2D eigenvalue weighted by molar-refractivity contribution is -0.122. The first-order valence-electron chi connectivity index (χ1n) is 8.43. The standard InChI is InChI=1S/C16H29N5O.2ClH/c1-12(2)16-20-19-11-21(16)8-7-18-15(22)9-13(3)14-5-4-6-17-10-14;;/h11-14,17H,4-10H2,1-3H3,(H,18,22);2*1H. The van der Waals surface area contributed by atoms with Crippen molar-refractivity contribution in [2.45, 2.75) is 52.5 Å². The summed E-state index contributed by atoms with van der Waals surface area (Å²) in [5, 5.41) is 14.5. The quantitative estimate of drug-likeness (QED) is 0.762. The molecule has 8 heteroatoms. The molecule has 1 aromatic heterocycles. The van der Waals surface area contributed by atoms with E-state index in [-0.39, 0.29) is 30.7 Å². The van der Waals surface area contributed by atoms with Gasteiger partial charge in [0.2, 0.25) is 5.91 Å². The lowest BCUT2D eigenvalue weighted by Gasteiger charge is -2.28. The molecule has 0 bridgehead atoms. The van der Waals surface area contributed by atoms with Crippen LogP contribution in [0.25, 0.3) is 0 Å². The van der Waals surface area contributed by atoms with E-state index in [0.29, 0.717) is 30.7 Å². The fourth-order valence-electron chi connectivity index (χ4n) is 3.09. The number of rotatable bonds is 7. The van der Waals surface area contributed by atoms with Crippen molar-refractivity contribution in [3.8, 4) is 0 Å². The van der Waals surface area contributed by atoms with Gasteiger partial charge in [0.15, 0.2) is 0 Å². The summed E-state index contributed by atoms with van der Waals surface area (Å²) >= 11 is 0. The van der Waals surface area contributed by atoms with Crippen LogP contribution in [-0.2, 0) is 11.3 Å². The van der Waals surface area contributed by atoms with Crippen LogP contribution in [0.5, 0.6) is 0 Å². The summed E-state index contributed by atoms with van der Waals surface area (Å²) in [4.78, 5) is 12.1. The summed E-state index contributed by atoms with van der Waals surface area (Å²) in [6.45, 7) is 9.91. The lowest BCUT2D eigenvalue weighted by Crippen LogP contribution is -2.36. The zero-order valence-corrected chi connectivity index (χ0v) is 16.5. The summed E-state index contributed by atoms with van der Waals surface area (Å²) in [6, 6.07) is 0. The third-order valence-electron chi connectivity index (χ3n) is 4.48. The molecule has 1 aliphatic rings. The van der Waals surface area contributed by atoms with Crippen LogP contribution < -0.4 is 10.6 Å². The molecule has 6 nitrogen and oxygen atoms in total. The number of hydrogen-bond donors (Lipinski definition) is 2. The second kappa shape index (κ2) is 11.7. The van der Waals surface area contributed by atoms with E-state index in [1.165, 1.54) is 12.8 Å². The van der Waals surface area contributed by atoms with Gasteiger partial charge in [-0.3, -0.25) is 4.79 Å². The Labute approximate surface area is 157 Å². The smallest absolute Gasteiger partial charge is 0.220 e. The van der Waals surface area contributed by atoms with Crippen molar-refractivity contribution in [2.75, 3.05) is 19.6 Å². The van der Waals surface area contributed by atoms with E-state index < -0.39 is 0 Å². The highest BCUT2D eigenvalue weighted by molar-refractivity contribution is 5.85. The van der Waals surface area contributed by atoms with Crippen molar-refractivity contribution < 1.29 is 4.79 Å². The van der Waals surface area contributed by atoms with Crippen LogP contribution in [-0.4, -0.2) is 40.3 Å². The van der Waals surface area contributed by atoms with Gasteiger partial charge in [-0.1, -0.05) is 20.8 Å². The molecule has 1 aromatic rings. The molecule has 1 fully saturated rings. The van der Waals surface area contributed by atoms with Crippen LogP contribution in [0.2, 0.25) is 0 Å². The van der Waals surface area contributed by atoms with Crippen LogP contribution in [0.4, 0.5) is 0 Å². The van der Waals surface area contributed by atoms with Crippen molar-refractivity contribution in [3.05, 3.63) is 12.2 Å². The minimum Gasteiger partial charge on any atom is -0.354 e. The minimum absolute atomic E-state index is 0. The molecule has 1 saturated heterocycles. The Morgan fingerprint density at radius 3 is 2.79 bits per heavy atom. The number of amides is 1. The molecular formula is C16H31Cl2N5O. The summed E-state index contributed by atoms with van der Waals surface area (Å²) in [5.74, 6) is 2.53. The van der Waals surface area contributed by atoms with Gasteiger partial charge in [-0.15, -0.1) is 35.0 Å². The van der Waals surface area contributed by atoms with Gasteiger partial charge in [0, 0.05) is 25.4 Å². The zero-order chi connectivity index (χ0) is 15.9. The van der Waals surface area contributed by atoms with Gasteiger partial charge in [-0.2, -0.15) is 0 Å². The molecule has 24 heavy (non-hydrogen) atoms. The molecule has 2 heterocycles. The van der Waals surface area contributed by atoms with Crippen molar-refractivity contribution >= 4 is 30.7 Å². The molecule has 2 N–H and O–H groups in total. The number of halogens is 2. The maximum absolute atomic E-state index is 12.1. The number of nitrogens with one attached hydrogen (secondary N) is 2. The third kappa shape index (κ3) is 6.95. The maximum Gasteiger partial charge on any atom is 0.220 e. The number of carbonyl (C=O) groups is 1. The van der Waals surface area contributed by atoms with Crippen molar-refractivity contribution in [1.29, 1.82) is 0 Å². The Kier molecular flexibility index (Phi) is 11.2. The zero-order valence-electron chi connectivity index (χ0n) is 14.8. The molecule has 0 aliphatic carbocycles. The van der Waals surface area contributed by atoms with Crippen LogP contribution in [0.15, 0.2) is 6.33 Å². The molecule has 0 spiro atoms. The van der Waals surface area contributed by atoms with Crippen LogP contribution >= 0.6 is 24.8 Å². The van der Waals surface area contributed by atoms with E-state index in [1.807, 2.05) is 4.57 Å². The highest BCUT2D eigenvalue weighted by atomic mass is 35.5. The van der Waals surface area contributed by atoms with E-state index in [9.17, 15) is 4.79 Å². The summed E-state index contributed by atoms with van der Waals surface area (Å²) in [7, 11) is 0. The Morgan fingerprint density at radius 1 is 1.42 bits per heavy atom. The minimum atomic E-state index is 0. The monoisotopic (exact) mass is 379 g/mol. The van der Waals surface area contributed by atoms with Gasteiger partial charge >= 0.3 is 0 Å². The molecule has 0 radical (unpaired) electrons. The van der Waals surface area contributed by atoms with Gasteiger partial charge in [-0.05, 0) is 37.8 Å². The first-order chi connectivity index (χ1) is 10.6. The SMILES string of the molecule is CC(C)c1nncn1CCNC(=O)CC(C)C1CCCNC1.Cl.Cl. The second-order valence-corrected chi connectivity index (χ2v) is 6.68. The lowest BCUT2D eigenvalue weighted by atomic mass is 9.85. The second-order valence-electron chi connectivity index (χ2n) is 6.68. The largest absolute Gasteiger partial charge is 0.354 e. The average Bonchev–Trinajstić information content (AvgIpc) is 2.97. The van der Waals surface area contributed by atoms with E-state index in [0.717, 1.165) is 25.5 Å². The van der Waals surface area contributed by atoms with E-state index >= 15 is 0 Å². The Hall–Kier alpha value is -0.850. The molecule has 1 aliphatic heterocycles. The fraction of sp³-hybridized carbons (Fsp3) is 0.812. The molecule has 140 valence electrons. The number of carbonyl (C=O) groups excluding carboxylic acids is 1. The molecular weight excluding hydrogens is 349 g/mol. The number of aromatic nitrogens is 3. The van der Waals surface area contributed by atoms with Crippen LogP contribution in [0.1, 0.15) is 51.8 Å². The van der Waals surface area contributed by atoms with Crippen LogP contribution in [0.3, 0.4) is 0 Å². The van der Waals surface area contributed by atoms with E-state index in [1.54, 1.807) is 6.33 Å². The topological polar surface area (TPSA) is 71.8 Å². The van der Waals surface area contributed by atoms with Gasteiger partial charge < -0.3 is 15.2 Å². The molecule has 0 saturated carbocycles. The molecule has 2 rings (SSSR count). The van der Waals surface area contributed by atoms with Gasteiger partial charge in [0.1, 0.15) is 12.2 Å². The predicted octanol–water partition coefficient (Wildman–Crippen LogP) is 2.39.